The molecular weight excluding hydrogens is 418 g/mol. The van der Waals surface area contributed by atoms with Crippen LogP contribution in [0.25, 0.3) is 22.4 Å². The summed E-state index contributed by atoms with van der Waals surface area (Å²) >= 11 is 0. The summed E-state index contributed by atoms with van der Waals surface area (Å²) in [6.07, 6.45) is 5.20. The number of benzene rings is 3. The first-order valence-corrected chi connectivity index (χ1v) is 11.8. The molecule has 4 heteroatoms. The summed E-state index contributed by atoms with van der Waals surface area (Å²) in [5.74, 6) is 2.00. The van der Waals surface area contributed by atoms with Gasteiger partial charge in [0.2, 0.25) is 0 Å². The van der Waals surface area contributed by atoms with Crippen LogP contribution in [-0.2, 0) is 0 Å². The van der Waals surface area contributed by atoms with Gasteiger partial charge >= 0.3 is 0 Å². The molecule has 1 aliphatic heterocycles. The smallest absolute Gasteiger partial charge is 0.178 e. The number of nitrogens with zero attached hydrogens (tertiary/aromatic N) is 3. The molecule has 3 heterocycles. The maximum atomic E-state index is 10.4. The van der Waals surface area contributed by atoms with E-state index in [1.165, 1.54) is 16.7 Å². The number of hydrogen-bond acceptors (Lipinski definition) is 3. The minimum Gasteiger partial charge on any atom is -0.508 e. The Labute approximate surface area is 197 Å². The van der Waals surface area contributed by atoms with Gasteiger partial charge in [-0.3, -0.25) is 4.57 Å². The van der Waals surface area contributed by atoms with Crippen molar-refractivity contribution < 1.29 is 5.11 Å². The number of imidazole rings is 1. The molecule has 7 rings (SSSR count). The van der Waals surface area contributed by atoms with E-state index in [0.717, 1.165) is 34.7 Å². The maximum Gasteiger partial charge on any atom is 0.178 e. The Kier molecular flexibility index (Phi) is 4.21. The van der Waals surface area contributed by atoms with Crippen molar-refractivity contribution in [1.82, 2.24) is 14.5 Å². The van der Waals surface area contributed by atoms with Gasteiger partial charge in [-0.1, -0.05) is 66.7 Å². The molecule has 5 aromatic rings. The second-order valence-corrected chi connectivity index (χ2v) is 9.22. The zero-order valence-electron chi connectivity index (χ0n) is 18.5. The van der Waals surface area contributed by atoms with Crippen LogP contribution in [0.3, 0.4) is 0 Å². The first-order valence-electron chi connectivity index (χ1n) is 11.8. The molecule has 34 heavy (non-hydrogen) atoms. The van der Waals surface area contributed by atoms with Gasteiger partial charge in [0.1, 0.15) is 11.6 Å². The van der Waals surface area contributed by atoms with Gasteiger partial charge < -0.3 is 5.11 Å². The van der Waals surface area contributed by atoms with Gasteiger partial charge in [-0.2, -0.15) is 0 Å². The molecule has 1 N–H and O–H groups in total. The van der Waals surface area contributed by atoms with Crippen molar-refractivity contribution in [2.45, 2.75) is 24.2 Å². The highest BCUT2D eigenvalue weighted by atomic mass is 16.3. The average Bonchev–Trinajstić information content (AvgIpc) is 3.29. The molecule has 2 aromatic heterocycles. The summed E-state index contributed by atoms with van der Waals surface area (Å²) in [6, 6.07) is 31.4. The van der Waals surface area contributed by atoms with Crippen molar-refractivity contribution in [2.75, 3.05) is 0 Å². The topological polar surface area (TPSA) is 50.9 Å². The molecule has 3 unspecified atom stereocenters. The van der Waals surface area contributed by atoms with Crippen LogP contribution < -0.4 is 0 Å². The second kappa shape index (κ2) is 7.42. The van der Waals surface area contributed by atoms with E-state index in [-0.39, 0.29) is 17.6 Å². The van der Waals surface area contributed by atoms with Gasteiger partial charge in [-0.15, -0.1) is 0 Å². The lowest BCUT2D eigenvalue weighted by Gasteiger charge is -2.39. The molecule has 1 aliphatic carbocycles. The number of hydrogen-bond donors (Lipinski definition) is 1. The lowest BCUT2D eigenvalue weighted by molar-refractivity contribution is 0.474. The highest BCUT2D eigenvalue weighted by Gasteiger charge is 2.40. The average molecular weight is 442 g/mol. The van der Waals surface area contributed by atoms with Crippen LogP contribution in [0.1, 0.15) is 46.7 Å². The fourth-order valence-corrected chi connectivity index (χ4v) is 5.89. The number of phenols is 1. The normalized spacial score (nSPS) is 20.8. The van der Waals surface area contributed by atoms with E-state index in [1.54, 1.807) is 12.3 Å². The molecular formula is C30H23N3O. The monoisotopic (exact) mass is 441 g/mol. The SMILES string of the molecule is Oc1ccc2c(c1)-n1c(nc3ncccc31)C1CC(c3ccccc3)C(c3ccccc3)C=C21. The Morgan fingerprint density at radius 2 is 1.59 bits per heavy atom. The van der Waals surface area contributed by atoms with E-state index in [2.05, 4.69) is 88.4 Å². The van der Waals surface area contributed by atoms with Gasteiger partial charge in [0.05, 0.1) is 11.2 Å². The zero-order valence-corrected chi connectivity index (χ0v) is 18.5. The third kappa shape index (κ3) is 2.85. The third-order valence-corrected chi connectivity index (χ3v) is 7.37. The van der Waals surface area contributed by atoms with Crippen LogP contribution in [0.4, 0.5) is 0 Å². The molecule has 0 fully saturated rings. The van der Waals surface area contributed by atoms with Crippen LogP contribution >= 0.6 is 0 Å². The lowest BCUT2D eigenvalue weighted by Crippen LogP contribution is -2.25. The fraction of sp³-hybridized carbons (Fsp3) is 0.133. The predicted molar refractivity (Wildman–Crippen MR) is 134 cm³/mol. The molecule has 0 radical (unpaired) electrons. The number of pyridine rings is 1. The van der Waals surface area contributed by atoms with E-state index in [0.29, 0.717) is 5.92 Å². The van der Waals surface area contributed by atoms with Crippen molar-refractivity contribution in [3.63, 3.8) is 0 Å². The number of rotatable bonds is 2. The molecule has 3 atom stereocenters. The molecule has 4 nitrogen and oxygen atoms in total. The summed E-state index contributed by atoms with van der Waals surface area (Å²) in [6.45, 7) is 0. The first kappa shape index (κ1) is 19.3. The molecule has 0 bridgehead atoms. The van der Waals surface area contributed by atoms with Gasteiger partial charge in [0.15, 0.2) is 5.65 Å². The van der Waals surface area contributed by atoms with E-state index in [9.17, 15) is 5.11 Å². The Balaban J connectivity index is 1.51. The van der Waals surface area contributed by atoms with Crippen LogP contribution in [0.15, 0.2) is 103 Å². The van der Waals surface area contributed by atoms with Crippen molar-refractivity contribution >= 4 is 16.7 Å². The summed E-state index contributed by atoms with van der Waals surface area (Å²) in [7, 11) is 0. The van der Waals surface area contributed by atoms with Crippen molar-refractivity contribution in [2.24, 2.45) is 0 Å². The maximum absolute atomic E-state index is 10.4. The minimum atomic E-state index is 0.149. The number of phenolic OH excluding ortho intramolecular Hbond substituents is 1. The largest absolute Gasteiger partial charge is 0.508 e. The molecule has 3 aromatic carbocycles. The van der Waals surface area contributed by atoms with Crippen molar-refractivity contribution in [3.05, 3.63) is 126 Å². The number of fused-ring (bicyclic) bond motifs is 8. The molecule has 0 amide bonds. The number of allylic oxidation sites excluding steroid dienone is 2. The van der Waals surface area contributed by atoms with Crippen LogP contribution in [0.5, 0.6) is 5.75 Å². The summed E-state index contributed by atoms with van der Waals surface area (Å²) in [5, 5.41) is 10.4. The van der Waals surface area contributed by atoms with Gasteiger partial charge in [0.25, 0.3) is 0 Å². The van der Waals surface area contributed by atoms with Gasteiger partial charge in [-0.25, -0.2) is 9.97 Å². The van der Waals surface area contributed by atoms with Crippen LogP contribution in [0, 0.1) is 0 Å². The third-order valence-electron chi connectivity index (χ3n) is 7.37. The Morgan fingerprint density at radius 1 is 0.824 bits per heavy atom. The fourth-order valence-electron chi connectivity index (χ4n) is 5.89. The van der Waals surface area contributed by atoms with E-state index in [1.807, 2.05) is 12.1 Å². The molecule has 2 aliphatic rings. The predicted octanol–water partition coefficient (Wildman–Crippen LogP) is 6.58. The van der Waals surface area contributed by atoms with Gasteiger partial charge in [0, 0.05) is 29.7 Å². The second-order valence-electron chi connectivity index (χ2n) is 9.22. The number of aromatic hydroxyl groups is 1. The zero-order chi connectivity index (χ0) is 22.6. The molecule has 0 saturated heterocycles. The quantitative estimate of drug-likeness (QED) is 0.337. The molecule has 0 spiro atoms. The summed E-state index contributed by atoms with van der Waals surface area (Å²) in [5.41, 5.74) is 7.81. The van der Waals surface area contributed by atoms with E-state index < -0.39 is 0 Å². The summed E-state index contributed by atoms with van der Waals surface area (Å²) < 4.78 is 2.20. The highest BCUT2D eigenvalue weighted by Crippen LogP contribution is 2.54. The van der Waals surface area contributed by atoms with Gasteiger partial charge in [-0.05, 0) is 53.3 Å². The molecule has 0 saturated carbocycles. The van der Waals surface area contributed by atoms with E-state index >= 15 is 0 Å². The number of aromatic nitrogens is 3. The Hall–Kier alpha value is -4.18. The Morgan fingerprint density at radius 3 is 2.38 bits per heavy atom. The highest BCUT2D eigenvalue weighted by molar-refractivity contribution is 5.86. The standard InChI is InChI=1S/C30H23N3O/c34-21-13-14-22-25-17-23(19-8-3-1-4-9-19)24(20-10-5-2-6-11-20)18-26(25)30-32-29-27(12-7-15-31-29)33(30)28(22)16-21/h1-17,23-24,26,34H,18H2. The Bertz CT molecular complexity index is 1550. The first-order chi connectivity index (χ1) is 16.8. The van der Waals surface area contributed by atoms with Crippen molar-refractivity contribution in [3.8, 4) is 11.4 Å². The lowest BCUT2D eigenvalue weighted by atomic mass is 9.67. The molecule has 164 valence electrons. The van der Waals surface area contributed by atoms with Crippen LogP contribution in [-0.4, -0.2) is 19.6 Å². The van der Waals surface area contributed by atoms with Crippen molar-refractivity contribution in [1.29, 1.82) is 0 Å². The van der Waals surface area contributed by atoms with Crippen LogP contribution in [0.2, 0.25) is 0 Å². The van der Waals surface area contributed by atoms with E-state index in [4.69, 9.17) is 4.98 Å². The summed E-state index contributed by atoms with van der Waals surface area (Å²) in [4.78, 5) is 9.57. The minimum absolute atomic E-state index is 0.149.